The van der Waals surface area contributed by atoms with Gasteiger partial charge in [0.2, 0.25) is 0 Å². The minimum absolute atomic E-state index is 0.298. The van der Waals surface area contributed by atoms with Crippen molar-refractivity contribution in [1.82, 2.24) is 0 Å². The highest BCUT2D eigenvalue weighted by molar-refractivity contribution is 5.29. The van der Waals surface area contributed by atoms with Gasteiger partial charge in [-0.05, 0) is 31.0 Å². The van der Waals surface area contributed by atoms with Crippen LogP contribution >= 0.6 is 0 Å². The molecule has 1 aromatic rings. The Kier molecular flexibility index (Phi) is 10.1. The van der Waals surface area contributed by atoms with E-state index in [1.807, 2.05) is 27.7 Å². The van der Waals surface area contributed by atoms with Crippen molar-refractivity contribution < 1.29 is 13.9 Å². The Morgan fingerprint density at radius 3 is 1.88 bits per heavy atom. The number of halogens is 2. The maximum atomic E-state index is 12.8. The van der Waals surface area contributed by atoms with Crippen LogP contribution in [0.15, 0.2) is 12.1 Å². The molecule has 0 spiro atoms. The van der Waals surface area contributed by atoms with Gasteiger partial charge in [0, 0.05) is 6.07 Å². The van der Waals surface area contributed by atoms with Gasteiger partial charge in [-0.2, -0.15) is 0 Å². The molecule has 0 aromatic heterocycles. The van der Waals surface area contributed by atoms with E-state index in [0.717, 1.165) is 12.1 Å². The van der Waals surface area contributed by atoms with E-state index < -0.39 is 17.7 Å². The molecule has 0 heterocycles. The molecule has 0 fully saturated rings. The van der Waals surface area contributed by atoms with Crippen LogP contribution in [-0.4, -0.2) is 5.11 Å². The second kappa shape index (κ2) is 9.28. The van der Waals surface area contributed by atoms with Gasteiger partial charge in [-0.25, -0.2) is 8.78 Å². The third kappa shape index (κ3) is 5.21. The largest absolute Gasteiger partial charge is 0.389 e. The molecule has 1 rings (SSSR count). The first-order valence-corrected chi connectivity index (χ1v) is 5.66. The van der Waals surface area contributed by atoms with E-state index in [0.29, 0.717) is 11.1 Å². The lowest BCUT2D eigenvalue weighted by Gasteiger charge is -2.09. The number of aliphatic hydroxyl groups is 1. The van der Waals surface area contributed by atoms with Crippen LogP contribution in [0.2, 0.25) is 0 Å². The highest BCUT2D eigenvalue weighted by Crippen LogP contribution is 2.20. The lowest BCUT2D eigenvalue weighted by atomic mass is 10.0. The molecule has 16 heavy (non-hydrogen) atoms. The average molecular weight is 232 g/mol. The van der Waals surface area contributed by atoms with E-state index in [9.17, 15) is 8.78 Å². The Bertz CT molecular complexity index is 296. The van der Waals surface area contributed by atoms with Gasteiger partial charge in [0.1, 0.15) is 11.6 Å². The molecule has 0 aliphatic carbocycles. The molecule has 0 unspecified atom stereocenters. The van der Waals surface area contributed by atoms with Crippen molar-refractivity contribution in [1.29, 1.82) is 0 Å². The minimum Gasteiger partial charge on any atom is -0.389 e. The Morgan fingerprint density at radius 2 is 1.50 bits per heavy atom. The predicted octanol–water partition coefficient (Wildman–Crippen LogP) is 4.38. The van der Waals surface area contributed by atoms with Gasteiger partial charge in [0.25, 0.3) is 0 Å². The fourth-order valence-electron chi connectivity index (χ4n) is 1.10. The molecule has 0 amide bonds. The molecule has 1 atom stereocenters. The van der Waals surface area contributed by atoms with Gasteiger partial charge < -0.3 is 5.11 Å². The zero-order chi connectivity index (χ0) is 13.3. The van der Waals surface area contributed by atoms with Crippen LogP contribution < -0.4 is 0 Å². The van der Waals surface area contributed by atoms with E-state index in [1.54, 1.807) is 0 Å². The van der Waals surface area contributed by atoms with Crippen molar-refractivity contribution in [3.63, 3.8) is 0 Å². The maximum Gasteiger partial charge on any atom is 0.129 e. The lowest BCUT2D eigenvalue weighted by Crippen LogP contribution is -1.98. The second-order valence-corrected chi connectivity index (χ2v) is 2.78. The van der Waals surface area contributed by atoms with Crippen molar-refractivity contribution in [3.8, 4) is 0 Å². The molecule has 1 N–H and O–H groups in total. The van der Waals surface area contributed by atoms with Gasteiger partial charge in [0.15, 0.2) is 0 Å². The Labute approximate surface area is 97.1 Å². The van der Waals surface area contributed by atoms with Crippen LogP contribution in [0.3, 0.4) is 0 Å². The molecule has 1 aromatic carbocycles. The molecule has 1 nitrogen and oxygen atoms in total. The third-order valence-corrected chi connectivity index (χ3v) is 1.80. The van der Waals surface area contributed by atoms with E-state index >= 15 is 0 Å². The van der Waals surface area contributed by atoms with Crippen LogP contribution in [0.5, 0.6) is 0 Å². The Hall–Kier alpha value is -0.960. The molecule has 3 heteroatoms. The van der Waals surface area contributed by atoms with E-state index in [1.165, 1.54) is 13.8 Å². The second-order valence-electron chi connectivity index (χ2n) is 2.78. The quantitative estimate of drug-likeness (QED) is 0.761. The number of benzene rings is 1. The molecule has 0 radical (unpaired) electrons. The monoisotopic (exact) mass is 232 g/mol. The fraction of sp³-hybridized carbons (Fsp3) is 0.538. The van der Waals surface area contributed by atoms with Crippen LogP contribution in [-0.2, 0) is 0 Å². The summed E-state index contributed by atoms with van der Waals surface area (Å²) in [5.41, 5.74) is 0.596. The van der Waals surface area contributed by atoms with Gasteiger partial charge in [-0.1, -0.05) is 27.7 Å². The number of hydrogen-bond acceptors (Lipinski definition) is 1. The van der Waals surface area contributed by atoms with Crippen LogP contribution in [0.1, 0.15) is 51.8 Å². The molecule has 0 aliphatic rings. The van der Waals surface area contributed by atoms with Crippen molar-refractivity contribution in [2.45, 2.75) is 47.6 Å². The summed E-state index contributed by atoms with van der Waals surface area (Å²) in [5, 5.41) is 9.12. The zero-order valence-electron chi connectivity index (χ0n) is 10.9. The van der Waals surface area contributed by atoms with Gasteiger partial charge in [-0.15, -0.1) is 0 Å². The highest BCUT2D eigenvalue weighted by atomic mass is 19.1. The van der Waals surface area contributed by atoms with Crippen LogP contribution in [0.4, 0.5) is 8.78 Å². The zero-order valence-corrected chi connectivity index (χ0v) is 10.9. The third-order valence-electron chi connectivity index (χ3n) is 1.80. The van der Waals surface area contributed by atoms with E-state index in [4.69, 9.17) is 5.11 Å². The summed E-state index contributed by atoms with van der Waals surface area (Å²) in [5.74, 6) is -1.28. The standard InChI is InChI=1S/C9H10F2O.2C2H6/c1-5-8(6(2)12)3-7(10)4-9(5)11;2*1-2/h3-4,6,12H,1-2H3;2*1-2H3/t6-;;/m1../s1. The first-order chi connectivity index (χ1) is 7.52. The maximum absolute atomic E-state index is 12.8. The van der Waals surface area contributed by atoms with Gasteiger partial charge >= 0.3 is 0 Å². The highest BCUT2D eigenvalue weighted by Gasteiger charge is 2.10. The van der Waals surface area contributed by atoms with E-state index in [2.05, 4.69) is 0 Å². The topological polar surface area (TPSA) is 20.2 Å². The lowest BCUT2D eigenvalue weighted by molar-refractivity contribution is 0.197. The normalized spacial score (nSPS) is 10.6. The van der Waals surface area contributed by atoms with Gasteiger partial charge in [0.05, 0.1) is 6.10 Å². The average Bonchev–Trinajstić information content (AvgIpc) is 2.28. The Balaban J connectivity index is 0. The van der Waals surface area contributed by atoms with Crippen LogP contribution in [0.25, 0.3) is 0 Å². The molecule has 94 valence electrons. The predicted molar refractivity (Wildman–Crippen MR) is 64.4 cm³/mol. The summed E-state index contributed by atoms with van der Waals surface area (Å²) in [4.78, 5) is 0. The minimum atomic E-state index is -0.838. The molecule has 0 saturated heterocycles. The molecule has 0 aliphatic heterocycles. The van der Waals surface area contributed by atoms with E-state index in [-0.39, 0.29) is 0 Å². The smallest absolute Gasteiger partial charge is 0.129 e. The number of hydrogen-bond donors (Lipinski definition) is 1. The molecule has 0 saturated carbocycles. The summed E-state index contributed by atoms with van der Waals surface area (Å²) in [6, 6.07) is 1.95. The van der Waals surface area contributed by atoms with Crippen molar-refractivity contribution in [2.75, 3.05) is 0 Å². The van der Waals surface area contributed by atoms with Crippen molar-refractivity contribution in [3.05, 3.63) is 34.9 Å². The summed E-state index contributed by atoms with van der Waals surface area (Å²) < 4.78 is 25.5. The molecule has 0 bridgehead atoms. The van der Waals surface area contributed by atoms with Gasteiger partial charge in [-0.3, -0.25) is 0 Å². The first kappa shape index (κ1) is 17.4. The SMILES string of the molecule is CC.CC.Cc1c(F)cc(F)cc1[C@@H](C)O. The summed E-state index contributed by atoms with van der Waals surface area (Å²) in [6.07, 6.45) is -0.838. The Morgan fingerprint density at radius 1 is 1.06 bits per heavy atom. The van der Waals surface area contributed by atoms with Crippen LogP contribution in [0, 0.1) is 18.6 Å². The fourth-order valence-corrected chi connectivity index (χ4v) is 1.10. The molecular formula is C13H22F2O. The number of aliphatic hydroxyl groups excluding tert-OH is 1. The first-order valence-electron chi connectivity index (χ1n) is 5.66. The summed E-state index contributed by atoms with van der Waals surface area (Å²) in [7, 11) is 0. The summed E-state index contributed by atoms with van der Waals surface area (Å²) >= 11 is 0. The molecular weight excluding hydrogens is 210 g/mol. The number of rotatable bonds is 1. The van der Waals surface area contributed by atoms with Crippen molar-refractivity contribution >= 4 is 0 Å². The summed E-state index contributed by atoms with van der Waals surface area (Å²) in [6.45, 7) is 11.0. The van der Waals surface area contributed by atoms with Crippen molar-refractivity contribution in [2.24, 2.45) is 0 Å².